The zero-order valence-electron chi connectivity index (χ0n) is 25.5. The van der Waals surface area contributed by atoms with Crippen LogP contribution in [-0.2, 0) is 14.0 Å². The predicted molar refractivity (Wildman–Crippen MR) is 173 cm³/mol. The van der Waals surface area contributed by atoms with Crippen LogP contribution in [0.3, 0.4) is 0 Å². The number of fused-ring (bicyclic) bond motifs is 3. The van der Waals surface area contributed by atoms with E-state index in [2.05, 4.69) is 29.6 Å². The number of hydrogen-bond donors (Lipinski definition) is 1. The summed E-state index contributed by atoms with van der Waals surface area (Å²) in [6.45, 7) is 8.37. The standard InChI is InChI=1S/C37H36BNO5/c1-36(2)37(3,4)44-38(43-36)28(22-25-18-20-27(21-19-25)34(40)26-12-6-5-7-13-26)23-39-35(41)42-24-33-31-16-10-8-14-29(31)30-15-9-11-17-32(30)33/h5-22,33H,23-24H2,1-4H3,(H,39,41). The van der Waals surface area contributed by atoms with Gasteiger partial charge in [0.2, 0.25) is 0 Å². The van der Waals surface area contributed by atoms with Gasteiger partial charge in [-0.05, 0) is 61.0 Å². The van der Waals surface area contributed by atoms with Crippen molar-refractivity contribution in [1.82, 2.24) is 5.32 Å². The van der Waals surface area contributed by atoms with Crippen LogP contribution >= 0.6 is 0 Å². The molecule has 0 aromatic heterocycles. The minimum Gasteiger partial charge on any atom is -0.449 e. The zero-order chi connectivity index (χ0) is 30.9. The first kappa shape index (κ1) is 29.6. The lowest BCUT2D eigenvalue weighted by Crippen LogP contribution is -2.41. The van der Waals surface area contributed by atoms with Crippen molar-refractivity contribution >= 4 is 25.1 Å². The molecule has 1 fully saturated rings. The van der Waals surface area contributed by atoms with E-state index in [-0.39, 0.29) is 24.9 Å². The van der Waals surface area contributed by atoms with Crippen LogP contribution in [0, 0.1) is 0 Å². The fourth-order valence-electron chi connectivity index (χ4n) is 5.72. The first-order chi connectivity index (χ1) is 21.1. The summed E-state index contributed by atoms with van der Waals surface area (Å²) < 4.78 is 18.4. The number of carbonyl (C=O) groups is 2. The molecule has 4 aromatic rings. The summed E-state index contributed by atoms with van der Waals surface area (Å²) in [5.74, 6) is -0.0624. The molecule has 1 amide bonds. The molecule has 0 unspecified atom stereocenters. The van der Waals surface area contributed by atoms with E-state index in [1.807, 2.05) is 113 Å². The number of alkyl carbamates (subject to hydrolysis) is 1. The third kappa shape index (κ3) is 5.85. The Kier molecular flexibility index (Phi) is 8.01. The van der Waals surface area contributed by atoms with Gasteiger partial charge in [0, 0.05) is 23.6 Å². The molecule has 1 aliphatic carbocycles. The van der Waals surface area contributed by atoms with Crippen molar-refractivity contribution in [3.63, 3.8) is 0 Å². The molecule has 1 heterocycles. The molecular formula is C37H36BNO5. The molecule has 0 bridgehead atoms. The van der Waals surface area contributed by atoms with Crippen molar-refractivity contribution in [2.45, 2.75) is 44.8 Å². The second-order valence-electron chi connectivity index (χ2n) is 12.3. The second-order valence-corrected chi connectivity index (χ2v) is 12.3. The molecule has 44 heavy (non-hydrogen) atoms. The molecule has 1 saturated heterocycles. The molecule has 1 aliphatic heterocycles. The van der Waals surface area contributed by atoms with E-state index in [1.54, 1.807) is 0 Å². The van der Waals surface area contributed by atoms with Crippen molar-refractivity contribution in [2.24, 2.45) is 0 Å². The van der Waals surface area contributed by atoms with Crippen LogP contribution in [0.25, 0.3) is 17.2 Å². The Morgan fingerprint density at radius 1 is 0.750 bits per heavy atom. The Labute approximate surface area is 259 Å². The molecule has 0 radical (unpaired) electrons. The van der Waals surface area contributed by atoms with Crippen molar-refractivity contribution < 1.29 is 23.6 Å². The molecule has 0 saturated carbocycles. The van der Waals surface area contributed by atoms with Gasteiger partial charge in [-0.25, -0.2) is 4.79 Å². The van der Waals surface area contributed by atoms with E-state index < -0.39 is 24.4 Å². The average Bonchev–Trinajstić information content (AvgIpc) is 3.47. The quantitative estimate of drug-likeness (QED) is 0.172. The van der Waals surface area contributed by atoms with E-state index in [9.17, 15) is 9.59 Å². The summed E-state index contributed by atoms with van der Waals surface area (Å²) in [6, 6.07) is 33.1. The van der Waals surface area contributed by atoms with Gasteiger partial charge >= 0.3 is 13.2 Å². The molecule has 1 N–H and O–H groups in total. The first-order valence-corrected chi connectivity index (χ1v) is 15.0. The van der Waals surface area contributed by atoms with Gasteiger partial charge in [-0.3, -0.25) is 4.79 Å². The van der Waals surface area contributed by atoms with Crippen LogP contribution in [0.2, 0.25) is 0 Å². The fourth-order valence-corrected chi connectivity index (χ4v) is 5.72. The van der Waals surface area contributed by atoms with Crippen molar-refractivity contribution in [3.05, 3.63) is 136 Å². The van der Waals surface area contributed by atoms with Gasteiger partial charge in [0.15, 0.2) is 5.78 Å². The number of carbonyl (C=O) groups excluding carboxylic acids is 2. The maximum Gasteiger partial charge on any atom is 0.492 e. The summed E-state index contributed by atoms with van der Waals surface area (Å²) >= 11 is 0. The van der Waals surface area contributed by atoms with Gasteiger partial charge < -0.3 is 19.4 Å². The summed E-state index contributed by atoms with van der Waals surface area (Å²) in [4.78, 5) is 25.9. The number of nitrogens with one attached hydrogen (secondary N) is 1. The number of benzene rings is 4. The molecule has 2 aliphatic rings. The highest BCUT2D eigenvalue weighted by molar-refractivity contribution is 6.56. The van der Waals surface area contributed by atoms with Crippen LogP contribution in [0.4, 0.5) is 4.79 Å². The summed E-state index contributed by atoms with van der Waals surface area (Å²) in [5.41, 5.74) is 6.41. The Hall–Kier alpha value is -4.46. The van der Waals surface area contributed by atoms with Gasteiger partial charge in [-0.2, -0.15) is 0 Å². The minimum atomic E-state index is -0.667. The van der Waals surface area contributed by atoms with Crippen LogP contribution in [0.15, 0.2) is 109 Å². The number of hydrogen-bond acceptors (Lipinski definition) is 5. The summed E-state index contributed by atoms with van der Waals surface area (Å²) in [5, 5.41) is 2.91. The van der Waals surface area contributed by atoms with Crippen LogP contribution in [0.1, 0.15) is 66.2 Å². The fraction of sp³-hybridized carbons (Fsp3) is 0.243. The van der Waals surface area contributed by atoms with Crippen molar-refractivity contribution in [1.29, 1.82) is 0 Å². The van der Waals surface area contributed by atoms with Gasteiger partial charge in [0.1, 0.15) is 6.61 Å². The van der Waals surface area contributed by atoms with Gasteiger partial charge in [0.05, 0.1) is 11.2 Å². The SMILES string of the molecule is CC1(C)OB(C(=Cc2ccc(C(=O)c3ccccc3)cc2)CNC(=O)OCC2c3ccccc3-c3ccccc32)OC1(C)C. The Balaban J connectivity index is 1.17. The third-order valence-corrected chi connectivity index (χ3v) is 8.90. The van der Waals surface area contributed by atoms with E-state index in [0.29, 0.717) is 11.1 Å². The Bertz CT molecular complexity index is 1650. The van der Waals surface area contributed by atoms with Crippen LogP contribution in [0.5, 0.6) is 0 Å². The predicted octanol–water partition coefficient (Wildman–Crippen LogP) is 7.47. The van der Waals surface area contributed by atoms with Crippen LogP contribution in [-0.4, -0.2) is 43.3 Å². The third-order valence-electron chi connectivity index (χ3n) is 8.90. The highest BCUT2D eigenvalue weighted by Crippen LogP contribution is 2.44. The smallest absolute Gasteiger partial charge is 0.449 e. The zero-order valence-corrected chi connectivity index (χ0v) is 25.5. The van der Waals surface area contributed by atoms with E-state index >= 15 is 0 Å². The number of ketones is 1. The maximum atomic E-state index is 13.0. The van der Waals surface area contributed by atoms with E-state index in [0.717, 1.165) is 22.2 Å². The Morgan fingerprint density at radius 3 is 1.86 bits per heavy atom. The molecule has 6 rings (SSSR count). The molecule has 0 atom stereocenters. The second kappa shape index (κ2) is 11.9. The van der Waals surface area contributed by atoms with Gasteiger partial charge in [-0.15, -0.1) is 0 Å². The maximum absolute atomic E-state index is 13.0. The molecule has 0 spiro atoms. The van der Waals surface area contributed by atoms with Crippen molar-refractivity contribution in [3.8, 4) is 11.1 Å². The lowest BCUT2D eigenvalue weighted by atomic mass is 9.77. The number of ether oxygens (including phenoxy) is 1. The highest BCUT2D eigenvalue weighted by Gasteiger charge is 2.52. The normalized spacial score (nSPS) is 16.7. The van der Waals surface area contributed by atoms with Gasteiger partial charge in [-0.1, -0.05) is 109 Å². The molecule has 7 heteroatoms. The summed E-state index contributed by atoms with van der Waals surface area (Å²) in [6.07, 6.45) is 1.42. The van der Waals surface area contributed by atoms with Crippen molar-refractivity contribution in [2.75, 3.05) is 13.2 Å². The Morgan fingerprint density at radius 2 is 1.27 bits per heavy atom. The van der Waals surface area contributed by atoms with E-state index in [4.69, 9.17) is 14.0 Å². The lowest BCUT2D eigenvalue weighted by molar-refractivity contribution is 0.00578. The minimum absolute atomic E-state index is 0.0247. The lowest BCUT2D eigenvalue weighted by Gasteiger charge is -2.32. The van der Waals surface area contributed by atoms with Gasteiger partial charge in [0.25, 0.3) is 0 Å². The van der Waals surface area contributed by atoms with E-state index in [1.165, 1.54) is 11.1 Å². The molecular weight excluding hydrogens is 549 g/mol. The molecule has 4 aromatic carbocycles. The number of rotatable bonds is 8. The largest absolute Gasteiger partial charge is 0.492 e. The highest BCUT2D eigenvalue weighted by atomic mass is 16.7. The molecule has 222 valence electrons. The average molecular weight is 586 g/mol. The van der Waals surface area contributed by atoms with Crippen LogP contribution < -0.4 is 5.32 Å². The number of amides is 1. The monoisotopic (exact) mass is 585 g/mol. The first-order valence-electron chi connectivity index (χ1n) is 15.0. The summed E-state index contributed by atoms with van der Waals surface area (Å²) in [7, 11) is -0.667. The molecule has 6 nitrogen and oxygen atoms in total. The topological polar surface area (TPSA) is 73.9 Å².